The van der Waals surface area contributed by atoms with Gasteiger partial charge < -0.3 is 15.1 Å². The van der Waals surface area contributed by atoms with Crippen molar-refractivity contribution in [3.63, 3.8) is 0 Å². The number of hydrogen-bond acceptors (Lipinski definition) is 4. The van der Waals surface area contributed by atoms with Crippen molar-refractivity contribution in [2.75, 3.05) is 32.7 Å². The van der Waals surface area contributed by atoms with Crippen LogP contribution in [0.25, 0.3) is 0 Å². The number of amides is 2. The number of thiophene rings is 1. The van der Waals surface area contributed by atoms with Crippen LogP contribution in [-0.2, 0) is 16.0 Å². The van der Waals surface area contributed by atoms with Gasteiger partial charge in [-0.25, -0.2) is 0 Å². The zero-order valence-corrected chi connectivity index (χ0v) is 14.8. The topological polar surface area (TPSA) is 52.7 Å². The second kappa shape index (κ2) is 8.66. The van der Waals surface area contributed by atoms with Gasteiger partial charge in [0.05, 0.1) is 6.54 Å². The number of carbonyl (C=O) groups excluding carboxylic acids is 2. The van der Waals surface area contributed by atoms with Gasteiger partial charge in [0.1, 0.15) is 0 Å². The molecule has 0 aromatic carbocycles. The summed E-state index contributed by atoms with van der Waals surface area (Å²) in [6, 6.07) is 4.31. The first-order valence-corrected chi connectivity index (χ1v) is 8.92. The molecule has 1 aromatic heterocycles. The van der Waals surface area contributed by atoms with E-state index in [1.807, 2.05) is 21.2 Å². The van der Waals surface area contributed by atoms with Gasteiger partial charge in [0.2, 0.25) is 11.8 Å². The van der Waals surface area contributed by atoms with E-state index in [2.05, 4.69) is 11.4 Å². The van der Waals surface area contributed by atoms with Gasteiger partial charge in [-0.2, -0.15) is 0 Å². The van der Waals surface area contributed by atoms with E-state index in [0.29, 0.717) is 19.5 Å². The first-order chi connectivity index (χ1) is 10.7. The van der Waals surface area contributed by atoms with Gasteiger partial charge in [-0.3, -0.25) is 9.59 Å². The SMILES string of the molecule is Cl.O=C(CCc1cccs1)N1CCCC(N2CCNCC2=O)C1. The lowest BCUT2D eigenvalue weighted by atomic mass is 10.0. The number of hydrogen-bond donors (Lipinski definition) is 1. The number of rotatable bonds is 4. The van der Waals surface area contributed by atoms with E-state index >= 15 is 0 Å². The maximum Gasteiger partial charge on any atom is 0.236 e. The fourth-order valence-electron chi connectivity index (χ4n) is 3.29. The normalized spacial score (nSPS) is 21.9. The quantitative estimate of drug-likeness (QED) is 0.889. The third-order valence-electron chi connectivity index (χ3n) is 4.48. The summed E-state index contributed by atoms with van der Waals surface area (Å²) in [5.41, 5.74) is 0. The van der Waals surface area contributed by atoms with Crippen molar-refractivity contribution in [3.05, 3.63) is 22.4 Å². The summed E-state index contributed by atoms with van der Waals surface area (Å²) in [5, 5.41) is 5.15. The first kappa shape index (κ1) is 18.2. The summed E-state index contributed by atoms with van der Waals surface area (Å²) in [4.78, 5) is 29.6. The Morgan fingerprint density at radius 3 is 3.00 bits per heavy atom. The zero-order valence-electron chi connectivity index (χ0n) is 13.2. The summed E-state index contributed by atoms with van der Waals surface area (Å²) in [5.74, 6) is 0.393. The van der Waals surface area contributed by atoms with Crippen molar-refractivity contribution in [2.45, 2.75) is 31.7 Å². The fraction of sp³-hybridized carbons (Fsp3) is 0.625. The number of piperidine rings is 1. The molecule has 23 heavy (non-hydrogen) atoms. The third kappa shape index (κ3) is 4.68. The van der Waals surface area contributed by atoms with E-state index in [0.717, 1.165) is 38.9 Å². The van der Waals surface area contributed by atoms with E-state index < -0.39 is 0 Å². The van der Waals surface area contributed by atoms with E-state index in [-0.39, 0.29) is 30.3 Å². The van der Waals surface area contributed by atoms with Crippen LogP contribution in [0.5, 0.6) is 0 Å². The predicted octanol–water partition coefficient (Wildman–Crippen LogP) is 1.53. The molecule has 1 atom stereocenters. The van der Waals surface area contributed by atoms with Crippen LogP contribution in [0.1, 0.15) is 24.1 Å². The van der Waals surface area contributed by atoms with Crippen molar-refractivity contribution < 1.29 is 9.59 Å². The number of piperazine rings is 1. The van der Waals surface area contributed by atoms with Gasteiger partial charge in [0.25, 0.3) is 0 Å². The van der Waals surface area contributed by atoms with Crippen LogP contribution >= 0.6 is 23.7 Å². The average Bonchev–Trinajstić information content (AvgIpc) is 3.06. The van der Waals surface area contributed by atoms with E-state index in [9.17, 15) is 9.59 Å². The molecule has 7 heteroatoms. The lowest BCUT2D eigenvalue weighted by molar-refractivity contribution is -0.140. The molecule has 2 saturated heterocycles. The highest BCUT2D eigenvalue weighted by Crippen LogP contribution is 2.19. The Bertz CT molecular complexity index is 523. The number of carbonyl (C=O) groups is 2. The second-order valence-corrected chi connectivity index (χ2v) is 7.01. The van der Waals surface area contributed by atoms with E-state index in [1.54, 1.807) is 11.3 Å². The van der Waals surface area contributed by atoms with Gasteiger partial charge in [0, 0.05) is 43.5 Å². The maximum absolute atomic E-state index is 12.4. The van der Waals surface area contributed by atoms with Gasteiger partial charge in [0.15, 0.2) is 0 Å². The molecule has 1 unspecified atom stereocenters. The van der Waals surface area contributed by atoms with Crippen molar-refractivity contribution in [1.29, 1.82) is 0 Å². The Kier molecular flexibility index (Phi) is 6.87. The van der Waals surface area contributed by atoms with Crippen molar-refractivity contribution in [1.82, 2.24) is 15.1 Å². The van der Waals surface area contributed by atoms with Crippen LogP contribution in [-0.4, -0.2) is 60.4 Å². The Balaban J connectivity index is 0.00000192. The highest BCUT2D eigenvalue weighted by atomic mass is 35.5. The minimum Gasteiger partial charge on any atom is -0.341 e. The Morgan fingerprint density at radius 1 is 1.39 bits per heavy atom. The zero-order chi connectivity index (χ0) is 15.4. The maximum atomic E-state index is 12.4. The van der Waals surface area contributed by atoms with E-state index in [1.165, 1.54) is 4.88 Å². The van der Waals surface area contributed by atoms with Crippen molar-refractivity contribution in [2.24, 2.45) is 0 Å². The van der Waals surface area contributed by atoms with E-state index in [4.69, 9.17) is 0 Å². The largest absolute Gasteiger partial charge is 0.341 e. The fourth-order valence-corrected chi connectivity index (χ4v) is 3.99. The molecule has 1 N–H and O–H groups in total. The molecule has 2 fully saturated rings. The summed E-state index contributed by atoms with van der Waals surface area (Å²) >= 11 is 1.70. The van der Waals surface area contributed by atoms with Crippen LogP contribution in [0.4, 0.5) is 0 Å². The Hall–Kier alpha value is -1.11. The number of likely N-dealkylation sites (tertiary alicyclic amines) is 1. The molecule has 3 rings (SSSR count). The summed E-state index contributed by atoms with van der Waals surface area (Å²) in [6.45, 7) is 3.59. The molecule has 1 aromatic rings. The summed E-state index contributed by atoms with van der Waals surface area (Å²) in [6.07, 6.45) is 3.40. The lowest BCUT2D eigenvalue weighted by Crippen LogP contribution is -2.57. The minimum absolute atomic E-state index is 0. The number of aryl methyl sites for hydroxylation is 1. The molecule has 2 aliphatic rings. The molecule has 0 saturated carbocycles. The molecule has 0 aliphatic carbocycles. The molecule has 128 valence electrons. The molecule has 0 radical (unpaired) electrons. The Morgan fingerprint density at radius 2 is 2.26 bits per heavy atom. The first-order valence-electron chi connectivity index (χ1n) is 8.04. The molecular formula is C16H24ClN3O2S. The van der Waals surface area contributed by atoms with Crippen molar-refractivity contribution >= 4 is 35.6 Å². The number of halogens is 1. The molecule has 0 spiro atoms. The van der Waals surface area contributed by atoms with Gasteiger partial charge in [-0.05, 0) is 30.7 Å². The predicted molar refractivity (Wildman–Crippen MR) is 94.1 cm³/mol. The van der Waals surface area contributed by atoms with Gasteiger partial charge in [-0.1, -0.05) is 6.07 Å². The molecule has 3 heterocycles. The van der Waals surface area contributed by atoms with Crippen LogP contribution in [0.15, 0.2) is 17.5 Å². The van der Waals surface area contributed by atoms with Crippen molar-refractivity contribution in [3.8, 4) is 0 Å². The monoisotopic (exact) mass is 357 g/mol. The van der Waals surface area contributed by atoms with Gasteiger partial charge in [-0.15, -0.1) is 23.7 Å². The molecule has 2 amide bonds. The summed E-state index contributed by atoms with van der Waals surface area (Å²) < 4.78 is 0. The number of nitrogens with one attached hydrogen (secondary N) is 1. The molecule has 5 nitrogen and oxygen atoms in total. The smallest absolute Gasteiger partial charge is 0.236 e. The van der Waals surface area contributed by atoms with Crippen LogP contribution in [0.3, 0.4) is 0 Å². The average molecular weight is 358 g/mol. The minimum atomic E-state index is 0. The van der Waals surface area contributed by atoms with Crippen LogP contribution in [0.2, 0.25) is 0 Å². The highest BCUT2D eigenvalue weighted by molar-refractivity contribution is 7.09. The second-order valence-electron chi connectivity index (χ2n) is 5.98. The third-order valence-corrected chi connectivity index (χ3v) is 5.42. The standard InChI is InChI=1S/C16H23N3O2S.ClH/c20-15(6-5-14-4-2-10-22-14)18-8-1-3-13(12-18)19-9-7-17-11-16(19)21;/h2,4,10,13,17H,1,3,5-9,11-12H2;1H. The molecule has 0 bridgehead atoms. The lowest BCUT2D eigenvalue weighted by Gasteiger charge is -2.41. The van der Waals surface area contributed by atoms with Gasteiger partial charge >= 0.3 is 0 Å². The molecule has 2 aliphatic heterocycles. The molecular weight excluding hydrogens is 334 g/mol. The van der Waals surface area contributed by atoms with Crippen LogP contribution < -0.4 is 5.32 Å². The Labute approximate surface area is 147 Å². The number of nitrogens with zero attached hydrogens (tertiary/aromatic N) is 2. The summed E-state index contributed by atoms with van der Waals surface area (Å²) in [7, 11) is 0. The van der Waals surface area contributed by atoms with Crippen LogP contribution in [0, 0.1) is 0 Å². The highest BCUT2D eigenvalue weighted by Gasteiger charge is 2.31.